The number of hydrogen-bond donors (Lipinski definition) is 0. The van der Waals surface area contributed by atoms with Crippen LogP contribution in [0.25, 0.3) is 0 Å². The molecule has 3 aliphatic rings. The second kappa shape index (κ2) is 5.73. The van der Waals surface area contributed by atoms with Crippen LogP contribution >= 0.6 is 0 Å². The van der Waals surface area contributed by atoms with Crippen LogP contribution in [0.4, 0.5) is 14.6 Å². The van der Waals surface area contributed by atoms with Gasteiger partial charge in [-0.25, -0.2) is 18.7 Å². The third-order valence-electron chi connectivity index (χ3n) is 4.84. The fourth-order valence-corrected chi connectivity index (χ4v) is 3.72. The second-order valence-electron chi connectivity index (χ2n) is 6.62. The molecule has 5 heterocycles. The van der Waals surface area contributed by atoms with Gasteiger partial charge < -0.3 is 4.90 Å². The summed E-state index contributed by atoms with van der Waals surface area (Å²) in [6.07, 6.45) is 2.18. The Balaban J connectivity index is 1.46. The van der Waals surface area contributed by atoms with E-state index in [0.717, 1.165) is 49.1 Å². The lowest BCUT2D eigenvalue weighted by Gasteiger charge is -2.56. The van der Waals surface area contributed by atoms with Gasteiger partial charge in [-0.15, -0.1) is 0 Å². The summed E-state index contributed by atoms with van der Waals surface area (Å²) in [5, 5.41) is 0. The van der Waals surface area contributed by atoms with Gasteiger partial charge in [-0.05, 0) is 20.3 Å². The molecule has 0 aromatic carbocycles. The van der Waals surface area contributed by atoms with Crippen LogP contribution in [-0.4, -0.2) is 45.0 Å². The number of piperazine rings is 1. The highest BCUT2D eigenvalue weighted by molar-refractivity contribution is 5.42. The Morgan fingerprint density at radius 2 is 1.88 bits per heavy atom. The molecular weight excluding hydrogens is 312 g/mol. The van der Waals surface area contributed by atoms with Crippen molar-refractivity contribution < 1.29 is 8.78 Å². The van der Waals surface area contributed by atoms with E-state index < -0.39 is 11.6 Å². The first-order valence-corrected chi connectivity index (χ1v) is 8.12. The average molecular weight is 331 g/mol. The van der Waals surface area contributed by atoms with E-state index in [1.165, 1.54) is 0 Å². The van der Waals surface area contributed by atoms with E-state index in [1.54, 1.807) is 0 Å². The molecule has 0 N–H and O–H groups in total. The van der Waals surface area contributed by atoms with Crippen molar-refractivity contribution in [3.05, 3.63) is 47.2 Å². The van der Waals surface area contributed by atoms with Gasteiger partial charge in [0.1, 0.15) is 23.3 Å². The number of aryl methyl sites for hydroxylation is 2. The fraction of sp³-hybridized carbons (Fsp3) is 0.471. The zero-order valence-corrected chi connectivity index (χ0v) is 13.7. The smallest absolute Gasteiger partial charge is 0.148 e. The Morgan fingerprint density at radius 3 is 2.54 bits per heavy atom. The van der Waals surface area contributed by atoms with Crippen molar-refractivity contribution in [2.45, 2.75) is 38.9 Å². The predicted molar refractivity (Wildman–Crippen MR) is 85.6 cm³/mol. The van der Waals surface area contributed by atoms with Crippen LogP contribution in [0.3, 0.4) is 0 Å². The topological polar surface area (TPSA) is 45.2 Å². The zero-order chi connectivity index (χ0) is 16.8. The largest absolute Gasteiger partial charge is 0.353 e. The van der Waals surface area contributed by atoms with E-state index in [1.807, 2.05) is 19.9 Å². The van der Waals surface area contributed by atoms with Gasteiger partial charge in [-0.2, -0.15) is 0 Å². The fourth-order valence-electron chi connectivity index (χ4n) is 3.72. The third-order valence-corrected chi connectivity index (χ3v) is 4.84. The third kappa shape index (κ3) is 2.73. The molecule has 0 aliphatic carbocycles. The van der Waals surface area contributed by atoms with Crippen LogP contribution < -0.4 is 4.90 Å². The molecular formula is C17H19F2N5. The average Bonchev–Trinajstić information content (AvgIpc) is 2.53. The van der Waals surface area contributed by atoms with Crippen molar-refractivity contribution in [2.24, 2.45) is 0 Å². The van der Waals surface area contributed by atoms with E-state index in [-0.39, 0.29) is 0 Å². The molecule has 5 nitrogen and oxygen atoms in total. The van der Waals surface area contributed by atoms with Crippen molar-refractivity contribution in [1.82, 2.24) is 19.9 Å². The molecule has 0 spiro atoms. The highest BCUT2D eigenvalue weighted by Crippen LogP contribution is 2.35. The summed E-state index contributed by atoms with van der Waals surface area (Å²) in [7, 11) is 0. The summed E-state index contributed by atoms with van der Waals surface area (Å²) in [6, 6.07) is 3.61. The van der Waals surface area contributed by atoms with E-state index in [9.17, 15) is 8.78 Å². The molecule has 2 bridgehead atoms. The van der Waals surface area contributed by atoms with Crippen LogP contribution in [0.2, 0.25) is 0 Å². The van der Waals surface area contributed by atoms with Crippen molar-refractivity contribution >= 4 is 5.82 Å². The molecule has 0 amide bonds. The van der Waals surface area contributed by atoms with Crippen LogP contribution in [0.1, 0.15) is 23.6 Å². The van der Waals surface area contributed by atoms with Crippen LogP contribution in [0.5, 0.6) is 0 Å². The maximum Gasteiger partial charge on any atom is 0.148 e. The number of rotatable bonds is 3. The summed E-state index contributed by atoms with van der Waals surface area (Å²) in [4.78, 5) is 17.3. The minimum atomic E-state index is -0.638. The molecule has 3 saturated heterocycles. The summed E-state index contributed by atoms with van der Waals surface area (Å²) in [6.45, 7) is 6.01. The number of fused-ring (bicyclic) bond motifs is 2. The number of anilines is 1. The van der Waals surface area contributed by atoms with Crippen molar-refractivity contribution in [3.8, 4) is 0 Å². The number of halogens is 2. The lowest BCUT2D eigenvalue weighted by molar-refractivity contribution is -0.0106. The quantitative estimate of drug-likeness (QED) is 0.863. The van der Waals surface area contributed by atoms with Crippen molar-refractivity contribution in [1.29, 1.82) is 0 Å². The highest BCUT2D eigenvalue weighted by atomic mass is 19.1. The number of aromatic nitrogens is 3. The molecule has 126 valence electrons. The summed E-state index contributed by atoms with van der Waals surface area (Å²) in [5.41, 5.74) is 1.28. The molecule has 7 heteroatoms. The van der Waals surface area contributed by atoms with Gasteiger partial charge in [0, 0.05) is 49.5 Å². The lowest BCUT2D eigenvalue weighted by Crippen LogP contribution is -2.68. The SMILES string of the molecule is Cc1cc(N2CC3CC(C2)N3Cc2ncc(F)cc2F)nc(C)n1. The predicted octanol–water partition coefficient (Wildman–Crippen LogP) is 2.23. The first kappa shape index (κ1) is 15.4. The zero-order valence-electron chi connectivity index (χ0n) is 13.7. The minimum Gasteiger partial charge on any atom is -0.353 e. The van der Waals surface area contributed by atoms with Crippen LogP contribution in [0, 0.1) is 25.5 Å². The van der Waals surface area contributed by atoms with E-state index in [2.05, 4.69) is 24.8 Å². The molecule has 2 atom stereocenters. The Kier molecular flexibility index (Phi) is 3.68. The maximum absolute atomic E-state index is 13.8. The van der Waals surface area contributed by atoms with E-state index >= 15 is 0 Å². The normalized spacial score (nSPS) is 23.2. The Hall–Kier alpha value is -2.15. The van der Waals surface area contributed by atoms with Crippen LogP contribution in [0.15, 0.2) is 18.3 Å². The number of nitrogens with zero attached hydrogens (tertiary/aromatic N) is 5. The van der Waals surface area contributed by atoms with Crippen molar-refractivity contribution in [3.63, 3.8) is 0 Å². The first-order valence-electron chi connectivity index (χ1n) is 8.12. The van der Waals surface area contributed by atoms with Crippen molar-refractivity contribution in [2.75, 3.05) is 18.0 Å². The molecule has 0 saturated carbocycles. The number of hydrogen-bond acceptors (Lipinski definition) is 5. The molecule has 3 fully saturated rings. The van der Waals surface area contributed by atoms with Gasteiger partial charge >= 0.3 is 0 Å². The summed E-state index contributed by atoms with van der Waals surface area (Å²) in [5.74, 6) is 0.527. The molecule has 24 heavy (non-hydrogen) atoms. The molecule has 3 aliphatic heterocycles. The maximum atomic E-state index is 13.8. The van der Waals surface area contributed by atoms with E-state index in [4.69, 9.17) is 0 Å². The van der Waals surface area contributed by atoms with Gasteiger partial charge in [0.2, 0.25) is 0 Å². The summed E-state index contributed by atoms with van der Waals surface area (Å²) < 4.78 is 26.8. The number of piperidine rings is 1. The molecule has 2 aromatic heterocycles. The van der Waals surface area contributed by atoms with E-state index in [0.29, 0.717) is 24.3 Å². The van der Waals surface area contributed by atoms with Gasteiger partial charge in [-0.1, -0.05) is 0 Å². The summed E-state index contributed by atoms with van der Waals surface area (Å²) >= 11 is 0. The van der Waals surface area contributed by atoms with Gasteiger partial charge in [-0.3, -0.25) is 9.88 Å². The standard InChI is InChI=1S/C17H19F2N5/c1-10-3-17(22-11(2)21-10)23-7-13-5-14(8-23)24(13)9-16-15(19)4-12(18)6-20-16/h3-4,6,13-14H,5,7-9H2,1-2H3. The minimum absolute atomic E-state index is 0.313. The number of pyridine rings is 1. The second-order valence-corrected chi connectivity index (χ2v) is 6.62. The Morgan fingerprint density at radius 1 is 1.12 bits per heavy atom. The lowest BCUT2D eigenvalue weighted by atomic mass is 9.87. The highest BCUT2D eigenvalue weighted by Gasteiger charge is 2.45. The molecule has 2 aromatic rings. The van der Waals surface area contributed by atoms with Gasteiger partial charge in [0.05, 0.1) is 11.9 Å². The van der Waals surface area contributed by atoms with Crippen LogP contribution in [-0.2, 0) is 6.54 Å². The first-order chi connectivity index (χ1) is 11.5. The molecule has 5 rings (SSSR count). The Bertz CT molecular complexity index is 749. The molecule has 0 radical (unpaired) electrons. The van der Waals surface area contributed by atoms with Gasteiger partial charge in [0.25, 0.3) is 0 Å². The molecule has 2 unspecified atom stereocenters. The van der Waals surface area contributed by atoms with Gasteiger partial charge in [0.15, 0.2) is 0 Å². The Labute approximate surface area is 139 Å². The monoisotopic (exact) mass is 331 g/mol.